The molecule has 0 radical (unpaired) electrons. The molecule has 4 nitrogen and oxygen atoms in total. The predicted molar refractivity (Wildman–Crippen MR) is 88.9 cm³/mol. The van der Waals surface area contributed by atoms with Gasteiger partial charge in [0.05, 0.1) is 20.0 Å². The summed E-state index contributed by atoms with van der Waals surface area (Å²) >= 11 is 0. The van der Waals surface area contributed by atoms with E-state index in [1.54, 1.807) is 14.2 Å². The fourth-order valence-electron chi connectivity index (χ4n) is 4.61. The SMILES string of the molecule is COC1=C[C@]23CCN(C)C(Cc4ccc(OC)c(O)c42)C3=CC1. The first kappa shape index (κ1) is 14.6. The van der Waals surface area contributed by atoms with Crippen molar-refractivity contribution in [1.82, 2.24) is 4.90 Å². The molecule has 0 aromatic heterocycles. The quantitative estimate of drug-likeness (QED) is 0.853. The van der Waals surface area contributed by atoms with E-state index in [-0.39, 0.29) is 11.2 Å². The molecule has 1 fully saturated rings. The maximum atomic E-state index is 10.9. The highest BCUT2D eigenvalue weighted by Crippen LogP contribution is 2.55. The van der Waals surface area contributed by atoms with Crippen molar-refractivity contribution >= 4 is 0 Å². The van der Waals surface area contributed by atoms with E-state index in [2.05, 4.69) is 30.2 Å². The maximum absolute atomic E-state index is 10.9. The fourth-order valence-corrected chi connectivity index (χ4v) is 4.61. The minimum absolute atomic E-state index is 0.257. The summed E-state index contributed by atoms with van der Waals surface area (Å²) in [5.74, 6) is 1.81. The third-order valence-corrected chi connectivity index (χ3v) is 5.76. The van der Waals surface area contributed by atoms with Crippen molar-refractivity contribution in [2.24, 2.45) is 0 Å². The molecule has 2 atom stereocenters. The van der Waals surface area contributed by atoms with Gasteiger partial charge in [-0.25, -0.2) is 0 Å². The lowest BCUT2D eigenvalue weighted by atomic mass is 9.58. The summed E-state index contributed by atoms with van der Waals surface area (Å²) in [6.45, 7) is 1.01. The first-order valence-corrected chi connectivity index (χ1v) is 8.16. The van der Waals surface area contributed by atoms with Crippen LogP contribution in [0.25, 0.3) is 0 Å². The van der Waals surface area contributed by atoms with E-state index in [0.29, 0.717) is 11.8 Å². The average molecular weight is 313 g/mol. The van der Waals surface area contributed by atoms with Gasteiger partial charge in [0.1, 0.15) is 0 Å². The fraction of sp³-hybridized carbons (Fsp3) is 0.474. The van der Waals surface area contributed by atoms with E-state index in [0.717, 1.165) is 37.1 Å². The third kappa shape index (κ3) is 1.88. The van der Waals surface area contributed by atoms with E-state index in [1.807, 2.05) is 6.07 Å². The Bertz CT molecular complexity index is 722. The molecule has 3 aliphatic rings. The lowest BCUT2D eigenvalue weighted by Gasteiger charge is -2.52. The number of phenols is 1. The first-order chi connectivity index (χ1) is 11.1. The number of hydrogen-bond donors (Lipinski definition) is 1. The number of methoxy groups -OCH3 is 2. The molecule has 1 aromatic rings. The van der Waals surface area contributed by atoms with E-state index < -0.39 is 0 Å². The van der Waals surface area contributed by atoms with Gasteiger partial charge >= 0.3 is 0 Å². The van der Waals surface area contributed by atoms with E-state index >= 15 is 0 Å². The van der Waals surface area contributed by atoms with E-state index in [9.17, 15) is 5.11 Å². The van der Waals surface area contributed by atoms with Crippen molar-refractivity contribution in [2.75, 3.05) is 27.8 Å². The van der Waals surface area contributed by atoms with Gasteiger partial charge in [-0.15, -0.1) is 0 Å². The van der Waals surface area contributed by atoms with Gasteiger partial charge in [0.25, 0.3) is 0 Å². The second-order valence-electron chi connectivity index (χ2n) is 6.75. The smallest absolute Gasteiger partial charge is 0.162 e. The first-order valence-electron chi connectivity index (χ1n) is 8.16. The molecule has 1 N–H and O–H groups in total. The number of rotatable bonds is 2. The Morgan fingerprint density at radius 1 is 1.26 bits per heavy atom. The van der Waals surface area contributed by atoms with Gasteiger partial charge in [-0.1, -0.05) is 12.1 Å². The summed E-state index contributed by atoms with van der Waals surface area (Å²) < 4.78 is 10.9. The van der Waals surface area contributed by atoms with Gasteiger partial charge in [0, 0.05) is 23.4 Å². The number of aromatic hydroxyl groups is 1. The molecular formula is C19H23NO3. The van der Waals surface area contributed by atoms with E-state index in [1.165, 1.54) is 11.1 Å². The Hall–Kier alpha value is -1.94. The number of allylic oxidation sites excluding steroid dienone is 2. The van der Waals surface area contributed by atoms with Crippen LogP contribution in [0, 0.1) is 0 Å². The molecule has 4 rings (SSSR count). The zero-order valence-electron chi connectivity index (χ0n) is 13.9. The number of nitrogens with zero attached hydrogens (tertiary/aromatic N) is 1. The topological polar surface area (TPSA) is 41.9 Å². The highest BCUT2D eigenvalue weighted by Gasteiger charge is 2.50. The number of likely N-dealkylation sites (N-methyl/N-ethyl adjacent to an activating group) is 1. The molecule has 23 heavy (non-hydrogen) atoms. The van der Waals surface area contributed by atoms with E-state index in [4.69, 9.17) is 9.47 Å². The molecule has 1 aliphatic heterocycles. The van der Waals surface area contributed by atoms with Crippen molar-refractivity contribution in [3.8, 4) is 11.5 Å². The minimum Gasteiger partial charge on any atom is -0.504 e. The van der Waals surface area contributed by atoms with Crippen LogP contribution in [0.3, 0.4) is 0 Å². The highest BCUT2D eigenvalue weighted by atomic mass is 16.5. The molecular weight excluding hydrogens is 290 g/mol. The Labute approximate surface area is 137 Å². The second kappa shape index (κ2) is 5.03. The summed E-state index contributed by atoms with van der Waals surface area (Å²) in [4.78, 5) is 2.43. The maximum Gasteiger partial charge on any atom is 0.162 e. The molecule has 122 valence electrons. The Morgan fingerprint density at radius 3 is 2.83 bits per heavy atom. The molecule has 1 heterocycles. The predicted octanol–water partition coefficient (Wildman–Crippen LogP) is 2.76. The molecule has 2 bridgehead atoms. The van der Waals surface area contributed by atoms with Crippen LogP contribution in [-0.2, 0) is 16.6 Å². The number of benzene rings is 1. The number of hydrogen-bond acceptors (Lipinski definition) is 4. The zero-order valence-corrected chi connectivity index (χ0v) is 13.9. The molecule has 1 unspecified atom stereocenters. The van der Waals surface area contributed by atoms with Crippen molar-refractivity contribution in [1.29, 1.82) is 0 Å². The third-order valence-electron chi connectivity index (χ3n) is 5.76. The number of ether oxygens (including phenoxy) is 2. The normalized spacial score (nSPS) is 29.1. The lowest BCUT2D eigenvalue weighted by molar-refractivity contribution is 0.176. The summed E-state index contributed by atoms with van der Waals surface area (Å²) in [6.07, 6.45) is 7.26. The van der Waals surface area contributed by atoms with Gasteiger partial charge in [-0.2, -0.15) is 0 Å². The summed E-state index contributed by atoms with van der Waals surface area (Å²) in [5.41, 5.74) is 3.38. The molecule has 1 saturated heterocycles. The van der Waals surface area contributed by atoms with Crippen molar-refractivity contribution < 1.29 is 14.6 Å². The van der Waals surface area contributed by atoms with Crippen molar-refractivity contribution in [3.05, 3.63) is 46.7 Å². The Balaban J connectivity index is 2.00. The van der Waals surface area contributed by atoms with Crippen molar-refractivity contribution in [2.45, 2.75) is 30.7 Å². The zero-order chi connectivity index (χ0) is 16.2. The highest BCUT2D eigenvalue weighted by molar-refractivity contribution is 5.64. The number of likely N-dealkylation sites (tertiary alicyclic amines) is 1. The molecule has 0 saturated carbocycles. The average Bonchev–Trinajstić information content (AvgIpc) is 2.57. The van der Waals surface area contributed by atoms with Gasteiger partial charge in [0.15, 0.2) is 11.5 Å². The monoisotopic (exact) mass is 313 g/mol. The molecule has 0 amide bonds. The van der Waals surface area contributed by atoms with Crippen LogP contribution in [0.15, 0.2) is 35.6 Å². The molecule has 1 aromatic carbocycles. The second-order valence-corrected chi connectivity index (χ2v) is 6.75. The van der Waals surface area contributed by atoms with Crippen LogP contribution in [0.4, 0.5) is 0 Å². The standard InChI is InChI=1S/C19H23NO3/c1-20-9-8-19-11-13(22-2)5-6-14(19)15(20)10-12-4-7-16(23-3)18(21)17(12)19/h4,6-7,11,15,21H,5,8-10H2,1-3H3/t15?,19-/m0/s1. The van der Waals surface area contributed by atoms with Crippen LogP contribution in [0.2, 0.25) is 0 Å². The molecule has 4 heteroatoms. The van der Waals surface area contributed by atoms with Crippen LogP contribution < -0.4 is 4.74 Å². The van der Waals surface area contributed by atoms with Crippen molar-refractivity contribution in [3.63, 3.8) is 0 Å². The molecule has 0 spiro atoms. The van der Waals surface area contributed by atoms with Crippen LogP contribution >= 0.6 is 0 Å². The Kier molecular flexibility index (Phi) is 3.20. The van der Waals surface area contributed by atoms with Gasteiger partial charge < -0.3 is 14.6 Å². The van der Waals surface area contributed by atoms with Gasteiger partial charge in [0.2, 0.25) is 0 Å². The summed E-state index contributed by atoms with van der Waals surface area (Å²) in [5, 5.41) is 10.9. The number of fused-ring (bicyclic) bond motifs is 1. The number of phenolic OH excluding ortho intramolecular Hbond substituents is 1. The van der Waals surface area contributed by atoms with Crippen LogP contribution in [-0.4, -0.2) is 43.9 Å². The Morgan fingerprint density at radius 2 is 2.09 bits per heavy atom. The largest absolute Gasteiger partial charge is 0.504 e. The molecule has 2 aliphatic carbocycles. The lowest BCUT2D eigenvalue weighted by Crippen LogP contribution is -2.53. The van der Waals surface area contributed by atoms with Crippen LogP contribution in [0.5, 0.6) is 11.5 Å². The number of piperidine rings is 1. The van der Waals surface area contributed by atoms with Gasteiger partial charge in [-0.05, 0) is 49.7 Å². The van der Waals surface area contributed by atoms with Gasteiger partial charge in [-0.3, -0.25) is 4.90 Å². The summed E-state index contributed by atoms with van der Waals surface area (Å²) in [7, 11) is 5.52. The minimum atomic E-state index is -0.257. The van der Waals surface area contributed by atoms with Crippen LogP contribution in [0.1, 0.15) is 24.0 Å². The summed E-state index contributed by atoms with van der Waals surface area (Å²) in [6, 6.07) is 4.38.